The van der Waals surface area contributed by atoms with Gasteiger partial charge in [0.05, 0.1) is 38.6 Å². The highest BCUT2D eigenvalue weighted by atomic mass is 16.8. The summed E-state index contributed by atoms with van der Waals surface area (Å²) in [6.45, 7) is 1.73. The van der Waals surface area contributed by atoms with Crippen molar-refractivity contribution in [2.45, 2.75) is 407 Å². The van der Waals surface area contributed by atoms with Crippen molar-refractivity contribution in [2.75, 3.05) is 26.4 Å². The van der Waals surface area contributed by atoms with Crippen LogP contribution >= 0.6 is 0 Å². The molecule has 17 unspecified atom stereocenters. The molecule has 3 aliphatic heterocycles. The lowest BCUT2D eigenvalue weighted by Crippen LogP contribution is -2.66. The van der Waals surface area contributed by atoms with E-state index in [2.05, 4.69) is 67.8 Å². The molecule has 17 atom stereocenters. The number of rotatable bonds is 62. The smallest absolute Gasteiger partial charge is 0.220 e. The number of ether oxygens (including phenoxy) is 6. The fourth-order valence-corrected chi connectivity index (χ4v) is 13.1. The van der Waals surface area contributed by atoms with Gasteiger partial charge in [-0.3, -0.25) is 4.79 Å². The molecule has 0 radical (unpaired) electrons. The van der Waals surface area contributed by atoms with Crippen LogP contribution in [-0.4, -0.2) is 193 Å². The minimum atomic E-state index is -1.98. The fraction of sp³-hybridized carbons (Fsp3) is 0.861. The minimum absolute atomic E-state index is 0.233. The Kier molecular flexibility index (Phi) is 54.8. The van der Waals surface area contributed by atoms with Gasteiger partial charge in [-0.25, -0.2) is 0 Å². The van der Waals surface area contributed by atoms with E-state index in [1.807, 2.05) is 6.08 Å². The summed E-state index contributed by atoms with van der Waals surface area (Å²) in [6, 6.07) is -0.998. The predicted octanol–water partition coefficient (Wildman–Crippen LogP) is 12.7. The Morgan fingerprint density at radius 2 is 0.684 bits per heavy atom. The Morgan fingerprint density at radius 3 is 1.08 bits per heavy atom. The van der Waals surface area contributed by atoms with Crippen molar-refractivity contribution in [1.29, 1.82) is 0 Å². The summed E-state index contributed by atoms with van der Waals surface area (Å²) in [5, 5.41) is 121. The standard InChI is InChI=1S/C79H143NO18/c1-3-5-7-9-11-13-15-17-19-21-23-25-26-27-28-29-30-31-32-33-34-35-36-37-39-41-43-45-47-49-51-53-55-57-67(85)80-62(63(84)56-54-52-50-48-46-44-42-40-38-24-22-20-18-16-14-12-10-8-6-4-2)61-93-77-73(91)70(88)75(65(59-82)95-77)98-79-74(92)71(89)76(66(60-83)96-79)97-78-72(90)69(87)68(86)64(58-81)94-78/h15,17,21,23,38,40,46,48,54,56,62-66,68-79,81-84,86-92H,3-14,16,18-20,22,24-37,39,41-45,47,49-53,55,57-61H2,1-2H3,(H,80,85)/b17-15-,23-21-,40-38+,48-46+,56-54+. The normalized spacial score (nSPS) is 27.1. The molecule has 0 bridgehead atoms. The predicted molar refractivity (Wildman–Crippen MR) is 388 cm³/mol. The lowest BCUT2D eigenvalue weighted by Gasteiger charge is -2.48. The maximum absolute atomic E-state index is 13.5. The third-order valence-corrected chi connectivity index (χ3v) is 19.5. The van der Waals surface area contributed by atoms with E-state index in [1.54, 1.807) is 6.08 Å². The van der Waals surface area contributed by atoms with Crippen LogP contribution in [0.1, 0.15) is 303 Å². The molecule has 0 aromatic rings. The quantitative estimate of drug-likeness (QED) is 0.0199. The molecular weight excluding hydrogens is 1250 g/mol. The lowest BCUT2D eigenvalue weighted by molar-refractivity contribution is -0.379. The molecule has 0 aromatic carbocycles. The van der Waals surface area contributed by atoms with Gasteiger partial charge in [0.2, 0.25) is 5.91 Å². The molecule has 3 aliphatic rings. The molecule has 3 rings (SSSR count). The van der Waals surface area contributed by atoms with E-state index >= 15 is 0 Å². The van der Waals surface area contributed by atoms with Crippen molar-refractivity contribution < 1.29 is 89.4 Å². The topological polar surface area (TPSA) is 307 Å². The zero-order valence-electron chi connectivity index (χ0n) is 61.0. The molecule has 3 heterocycles. The lowest BCUT2D eigenvalue weighted by atomic mass is 9.96. The number of aliphatic hydroxyl groups excluding tert-OH is 11. The zero-order chi connectivity index (χ0) is 71.1. The Bertz CT molecular complexity index is 2010. The second-order valence-corrected chi connectivity index (χ2v) is 28.2. The van der Waals surface area contributed by atoms with Crippen molar-refractivity contribution in [1.82, 2.24) is 5.32 Å². The average molecular weight is 1400 g/mol. The Balaban J connectivity index is 1.37. The summed E-state index contributed by atoms with van der Waals surface area (Å²) in [5.74, 6) is -0.286. The van der Waals surface area contributed by atoms with Crippen molar-refractivity contribution in [3.8, 4) is 0 Å². The zero-order valence-corrected chi connectivity index (χ0v) is 61.0. The number of unbranched alkanes of at least 4 members (excludes halogenated alkanes) is 38. The van der Waals surface area contributed by atoms with Crippen molar-refractivity contribution in [3.63, 3.8) is 0 Å². The summed E-state index contributed by atoms with van der Waals surface area (Å²) < 4.78 is 34.4. The number of aliphatic hydroxyl groups is 11. The molecule has 0 spiro atoms. The number of allylic oxidation sites excluding steroid dienone is 9. The maximum Gasteiger partial charge on any atom is 0.220 e. The van der Waals surface area contributed by atoms with Crippen LogP contribution in [0.2, 0.25) is 0 Å². The monoisotopic (exact) mass is 1390 g/mol. The highest BCUT2D eigenvalue weighted by Crippen LogP contribution is 2.33. The number of carbonyl (C=O) groups excluding carboxylic acids is 1. The second-order valence-electron chi connectivity index (χ2n) is 28.2. The van der Waals surface area contributed by atoms with Crippen LogP contribution in [0.5, 0.6) is 0 Å². The molecule has 3 fully saturated rings. The summed E-state index contributed by atoms with van der Waals surface area (Å²) in [4.78, 5) is 13.5. The largest absolute Gasteiger partial charge is 0.394 e. The molecule has 19 heteroatoms. The van der Waals surface area contributed by atoms with Gasteiger partial charge in [0.15, 0.2) is 18.9 Å². The van der Waals surface area contributed by atoms with Crippen LogP contribution in [0.4, 0.5) is 0 Å². The number of hydrogen-bond acceptors (Lipinski definition) is 18. The first-order chi connectivity index (χ1) is 47.8. The van der Waals surface area contributed by atoms with Crippen molar-refractivity contribution in [2.24, 2.45) is 0 Å². The van der Waals surface area contributed by atoms with Crippen LogP contribution in [0.3, 0.4) is 0 Å². The van der Waals surface area contributed by atoms with Gasteiger partial charge >= 0.3 is 0 Å². The molecule has 12 N–H and O–H groups in total. The van der Waals surface area contributed by atoms with Gasteiger partial charge < -0.3 is 89.9 Å². The SMILES string of the molecule is CCCCCCC/C=C\C/C=C\CCCCCCCCCCCCCCCCCCCCCCCC(=O)NC(COC1OC(CO)C(OC2OC(CO)C(OC3OC(CO)C(O)C(O)C3O)C(O)C2O)C(O)C1O)C(O)/C=C/CC/C=C/CC/C=C/CCCCCCCCCCCC. The van der Waals surface area contributed by atoms with Crippen molar-refractivity contribution >= 4 is 5.91 Å². The maximum atomic E-state index is 13.5. The first-order valence-electron chi connectivity index (χ1n) is 39.5. The van der Waals surface area contributed by atoms with Crippen molar-refractivity contribution in [3.05, 3.63) is 60.8 Å². The molecule has 0 aromatic heterocycles. The molecule has 98 heavy (non-hydrogen) atoms. The summed E-state index contributed by atoms with van der Waals surface area (Å²) in [7, 11) is 0. The summed E-state index contributed by atoms with van der Waals surface area (Å²) >= 11 is 0. The van der Waals surface area contributed by atoms with Gasteiger partial charge in [-0.15, -0.1) is 0 Å². The van der Waals surface area contributed by atoms with Crippen LogP contribution in [0.15, 0.2) is 60.8 Å². The van der Waals surface area contributed by atoms with E-state index in [0.29, 0.717) is 12.8 Å². The Hall–Kier alpha value is -2.51. The first-order valence-corrected chi connectivity index (χ1v) is 39.5. The molecule has 0 saturated carbocycles. The Morgan fingerprint density at radius 1 is 0.367 bits per heavy atom. The van der Waals surface area contributed by atoms with E-state index in [0.717, 1.165) is 51.4 Å². The van der Waals surface area contributed by atoms with Crippen LogP contribution in [0, 0.1) is 0 Å². The van der Waals surface area contributed by atoms with Gasteiger partial charge in [-0.2, -0.15) is 0 Å². The van der Waals surface area contributed by atoms with Gasteiger partial charge in [-0.05, 0) is 77.0 Å². The average Bonchev–Trinajstić information content (AvgIpc) is 0.782. The number of hydrogen-bond donors (Lipinski definition) is 12. The van der Waals surface area contributed by atoms with Gasteiger partial charge in [0, 0.05) is 6.42 Å². The minimum Gasteiger partial charge on any atom is -0.394 e. The number of nitrogens with one attached hydrogen (secondary N) is 1. The highest BCUT2D eigenvalue weighted by molar-refractivity contribution is 5.76. The van der Waals surface area contributed by atoms with Crippen LogP contribution in [-0.2, 0) is 33.2 Å². The fourth-order valence-electron chi connectivity index (χ4n) is 13.1. The highest BCUT2D eigenvalue weighted by Gasteiger charge is 2.53. The van der Waals surface area contributed by atoms with E-state index in [-0.39, 0.29) is 18.9 Å². The van der Waals surface area contributed by atoms with Crippen LogP contribution in [0.25, 0.3) is 0 Å². The summed E-state index contributed by atoms with van der Waals surface area (Å²) in [6.07, 6.45) is 49.3. The third kappa shape index (κ3) is 39.9. The molecule has 19 nitrogen and oxygen atoms in total. The van der Waals surface area contributed by atoms with E-state index < -0.39 is 124 Å². The second kappa shape index (κ2) is 59.8. The van der Waals surface area contributed by atoms with Gasteiger partial charge in [0.25, 0.3) is 0 Å². The number of carbonyl (C=O) groups is 1. The molecule has 3 saturated heterocycles. The molecule has 0 aliphatic carbocycles. The molecule has 572 valence electrons. The van der Waals surface area contributed by atoms with Crippen LogP contribution < -0.4 is 5.32 Å². The van der Waals surface area contributed by atoms with Gasteiger partial charge in [0.1, 0.15) is 73.2 Å². The van der Waals surface area contributed by atoms with E-state index in [1.165, 1.54) is 218 Å². The summed E-state index contributed by atoms with van der Waals surface area (Å²) in [5.41, 5.74) is 0. The first kappa shape index (κ1) is 89.7. The third-order valence-electron chi connectivity index (χ3n) is 19.5. The Labute approximate surface area is 592 Å². The van der Waals surface area contributed by atoms with E-state index in [4.69, 9.17) is 28.4 Å². The van der Waals surface area contributed by atoms with E-state index in [9.17, 15) is 61.0 Å². The number of amides is 1. The molecule has 1 amide bonds. The van der Waals surface area contributed by atoms with Gasteiger partial charge in [-0.1, -0.05) is 280 Å². The molecular formula is C79H143NO18.